The van der Waals surface area contributed by atoms with Gasteiger partial charge in [-0.2, -0.15) is 0 Å². The van der Waals surface area contributed by atoms with Crippen LogP contribution < -0.4 is 10.1 Å². The summed E-state index contributed by atoms with van der Waals surface area (Å²) in [5.41, 5.74) is 4.01. The number of aromatic nitrogens is 2. The highest BCUT2D eigenvalue weighted by Gasteiger charge is 2.19. The molecule has 0 bridgehead atoms. The van der Waals surface area contributed by atoms with Crippen LogP contribution in [0, 0.1) is 18.8 Å². The van der Waals surface area contributed by atoms with Crippen LogP contribution in [0.25, 0.3) is 22.0 Å². The molecule has 0 fully saturated rings. The van der Waals surface area contributed by atoms with Gasteiger partial charge in [0.15, 0.2) is 0 Å². The Morgan fingerprint density at radius 2 is 1.96 bits per heavy atom. The molecular weight excluding hydrogens is 360 g/mol. The van der Waals surface area contributed by atoms with E-state index in [4.69, 9.17) is 14.0 Å². The summed E-state index contributed by atoms with van der Waals surface area (Å²) in [5, 5.41) is 11.0. The van der Waals surface area contributed by atoms with Crippen LogP contribution in [-0.2, 0) is 4.74 Å². The first-order valence-corrected chi connectivity index (χ1v) is 9.10. The molecule has 0 radical (unpaired) electrons. The highest BCUT2D eigenvalue weighted by atomic mass is 16.5. The quantitative estimate of drug-likeness (QED) is 0.451. The number of pyridine rings is 1. The predicted molar refractivity (Wildman–Crippen MR) is 110 cm³/mol. The van der Waals surface area contributed by atoms with Crippen LogP contribution in [0.3, 0.4) is 0 Å². The van der Waals surface area contributed by atoms with Gasteiger partial charge >= 0.3 is 0 Å². The summed E-state index contributed by atoms with van der Waals surface area (Å²) in [4.78, 5) is 15.6. The minimum atomic E-state index is 0.237. The van der Waals surface area contributed by atoms with Crippen LogP contribution in [0.1, 0.15) is 25.3 Å². The number of rotatable bonds is 7. The van der Waals surface area contributed by atoms with E-state index in [0.717, 1.165) is 22.2 Å². The number of hydrogen-bond donors (Lipinski definition) is 1. The number of hydrogen-bond acceptors (Lipinski definition) is 8. The van der Waals surface area contributed by atoms with Crippen molar-refractivity contribution in [3.8, 4) is 16.9 Å². The van der Waals surface area contributed by atoms with E-state index in [1.165, 1.54) is 6.20 Å². The molecule has 28 heavy (non-hydrogen) atoms. The van der Waals surface area contributed by atoms with Crippen molar-refractivity contribution >= 4 is 22.3 Å². The highest BCUT2D eigenvalue weighted by Crippen LogP contribution is 2.41. The van der Waals surface area contributed by atoms with Gasteiger partial charge in [-0.3, -0.25) is 4.98 Å². The molecule has 1 aromatic carbocycles. The molecule has 0 saturated heterocycles. The van der Waals surface area contributed by atoms with E-state index in [2.05, 4.69) is 20.6 Å². The van der Waals surface area contributed by atoms with Crippen molar-refractivity contribution in [2.24, 2.45) is 5.18 Å². The smallest absolute Gasteiger partial charge is 0.149 e. The Bertz CT molecular complexity index is 934. The normalized spacial score (nSPS) is 10.4. The van der Waals surface area contributed by atoms with E-state index >= 15 is 0 Å². The van der Waals surface area contributed by atoms with E-state index in [1.807, 2.05) is 39.8 Å². The van der Waals surface area contributed by atoms with Crippen molar-refractivity contribution in [1.29, 1.82) is 0 Å². The van der Waals surface area contributed by atoms with Crippen molar-refractivity contribution in [2.75, 3.05) is 32.7 Å². The van der Waals surface area contributed by atoms with Gasteiger partial charge in [-0.1, -0.05) is 19.0 Å². The Hall–Kier alpha value is -3.00. The molecule has 8 heteroatoms. The summed E-state index contributed by atoms with van der Waals surface area (Å²) in [6.45, 7) is 8.76. The Morgan fingerprint density at radius 1 is 1.21 bits per heavy atom. The summed E-state index contributed by atoms with van der Waals surface area (Å²) in [5.74, 6) is 1.33. The fourth-order valence-electron chi connectivity index (χ4n) is 2.97. The minimum Gasteiger partial charge on any atom is -0.496 e. The number of nitroso groups, excluding NO2 is 1. The third-order valence-corrected chi connectivity index (χ3v) is 4.18. The molecule has 150 valence electrons. The lowest BCUT2D eigenvalue weighted by Gasteiger charge is -2.14. The summed E-state index contributed by atoms with van der Waals surface area (Å²) < 4.78 is 15.9. The average molecular weight is 386 g/mol. The number of fused-ring (bicyclic) bond motifs is 1. The van der Waals surface area contributed by atoms with Crippen LogP contribution in [-0.4, -0.2) is 37.5 Å². The lowest BCUT2D eigenvalue weighted by molar-refractivity contribution is 0.211. The maximum Gasteiger partial charge on any atom is 0.149 e. The average Bonchev–Trinajstić information content (AvgIpc) is 3.06. The van der Waals surface area contributed by atoms with Gasteiger partial charge in [-0.05, 0) is 31.2 Å². The lowest BCUT2D eigenvalue weighted by atomic mass is 10.00. The van der Waals surface area contributed by atoms with Gasteiger partial charge in [0, 0.05) is 24.6 Å². The molecule has 0 aliphatic rings. The molecule has 3 rings (SSSR count). The molecule has 2 aromatic heterocycles. The predicted octanol–water partition coefficient (Wildman–Crippen LogP) is 5.00. The van der Waals surface area contributed by atoms with Gasteiger partial charge in [-0.25, -0.2) is 0 Å². The first-order valence-electron chi connectivity index (χ1n) is 9.10. The van der Waals surface area contributed by atoms with E-state index in [-0.39, 0.29) is 5.69 Å². The SMILES string of the molecule is CC.COCCNc1c(N=O)cnc2cc(-c3c(C)noc3C)c(OC)cc12. The van der Waals surface area contributed by atoms with E-state index in [9.17, 15) is 4.91 Å². The molecule has 0 atom stereocenters. The second kappa shape index (κ2) is 9.80. The van der Waals surface area contributed by atoms with Crippen molar-refractivity contribution < 1.29 is 14.0 Å². The zero-order valence-electron chi connectivity index (χ0n) is 17.1. The number of benzene rings is 1. The van der Waals surface area contributed by atoms with Gasteiger partial charge in [0.1, 0.15) is 17.2 Å². The minimum absolute atomic E-state index is 0.237. The first-order chi connectivity index (χ1) is 13.6. The van der Waals surface area contributed by atoms with Gasteiger partial charge in [0.25, 0.3) is 0 Å². The van der Waals surface area contributed by atoms with E-state index in [0.29, 0.717) is 35.9 Å². The number of anilines is 1. The fourth-order valence-corrected chi connectivity index (χ4v) is 2.97. The second-order valence-corrected chi connectivity index (χ2v) is 5.80. The molecule has 3 aromatic rings. The molecule has 0 saturated carbocycles. The number of nitrogens with zero attached hydrogens (tertiary/aromatic N) is 3. The summed E-state index contributed by atoms with van der Waals surface area (Å²) in [6, 6.07) is 3.74. The van der Waals surface area contributed by atoms with Gasteiger partial charge < -0.3 is 19.3 Å². The third kappa shape index (κ3) is 4.12. The van der Waals surface area contributed by atoms with Crippen molar-refractivity contribution in [2.45, 2.75) is 27.7 Å². The topological polar surface area (TPSA) is 98.8 Å². The Morgan fingerprint density at radius 3 is 2.54 bits per heavy atom. The molecule has 0 spiro atoms. The Kier molecular flexibility index (Phi) is 7.45. The number of nitrogens with one attached hydrogen (secondary N) is 1. The van der Waals surface area contributed by atoms with Gasteiger partial charge in [0.05, 0.1) is 42.4 Å². The summed E-state index contributed by atoms with van der Waals surface area (Å²) in [7, 11) is 3.21. The second-order valence-electron chi connectivity index (χ2n) is 5.80. The molecule has 0 aliphatic carbocycles. The van der Waals surface area contributed by atoms with E-state index in [1.54, 1.807) is 14.2 Å². The van der Waals surface area contributed by atoms with Crippen molar-refractivity contribution in [3.63, 3.8) is 0 Å². The molecule has 0 unspecified atom stereocenters. The Labute approximate surface area is 164 Å². The van der Waals surface area contributed by atoms with Crippen LogP contribution in [0.15, 0.2) is 28.0 Å². The lowest BCUT2D eigenvalue weighted by Crippen LogP contribution is -2.08. The monoisotopic (exact) mass is 386 g/mol. The molecule has 8 nitrogen and oxygen atoms in total. The van der Waals surface area contributed by atoms with Crippen molar-refractivity contribution in [3.05, 3.63) is 34.7 Å². The molecule has 0 amide bonds. The number of methoxy groups -OCH3 is 2. The van der Waals surface area contributed by atoms with Crippen LogP contribution in [0.2, 0.25) is 0 Å². The maximum absolute atomic E-state index is 11.2. The van der Waals surface area contributed by atoms with E-state index < -0.39 is 0 Å². The largest absolute Gasteiger partial charge is 0.496 e. The highest BCUT2D eigenvalue weighted by molar-refractivity contribution is 6.00. The summed E-state index contributed by atoms with van der Waals surface area (Å²) in [6.07, 6.45) is 1.45. The standard InChI is InChI=1S/C18H20N4O4.C2H6/c1-10-17(11(2)26-22-10)13-7-14-12(8-16(13)25-4)18(19-5-6-24-3)15(21-23)9-20-14;1-2/h7-9H,5-6H2,1-4H3,(H,19,20);1-2H3. The number of aryl methyl sites for hydroxylation is 2. The zero-order valence-corrected chi connectivity index (χ0v) is 17.1. The maximum atomic E-state index is 11.2. The van der Waals surface area contributed by atoms with Crippen molar-refractivity contribution in [1.82, 2.24) is 10.1 Å². The summed E-state index contributed by atoms with van der Waals surface area (Å²) >= 11 is 0. The Balaban J connectivity index is 0.00000136. The third-order valence-electron chi connectivity index (χ3n) is 4.18. The molecule has 2 heterocycles. The van der Waals surface area contributed by atoms with Gasteiger partial charge in [-0.15, -0.1) is 4.91 Å². The molecular formula is C20H26N4O4. The molecule has 0 aliphatic heterocycles. The van der Waals surface area contributed by atoms with Crippen LogP contribution >= 0.6 is 0 Å². The first kappa shape index (κ1) is 21.3. The fraction of sp³-hybridized carbons (Fsp3) is 0.400. The zero-order chi connectivity index (χ0) is 20.7. The molecule has 1 N–H and O–H groups in total. The van der Waals surface area contributed by atoms with Crippen LogP contribution in [0.4, 0.5) is 11.4 Å². The van der Waals surface area contributed by atoms with Crippen LogP contribution in [0.5, 0.6) is 5.75 Å². The number of ether oxygens (including phenoxy) is 2. The van der Waals surface area contributed by atoms with Gasteiger partial charge in [0.2, 0.25) is 0 Å².